The lowest BCUT2D eigenvalue weighted by Crippen LogP contribution is -2.45. The van der Waals surface area contributed by atoms with Crippen LogP contribution in [0.3, 0.4) is 0 Å². The molecule has 1 amide bonds. The average molecular weight is 366 g/mol. The molecule has 2 aromatic carbocycles. The van der Waals surface area contributed by atoms with Crippen LogP contribution in [0.1, 0.15) is 6.42 Å². The van der Waals surface area contributed by atoms with Crippen LogP contribution in [-0.2, 0) is 4.79 Å². The minimum Gasteiger partial charge on any atom is -0.331 e. The molecule has 4 nitrogen and oxygen atoms in total. The number of hydrogen-bond acceptors (Lipinski definition) is 2. The van der Waals surface area contributed by atoms with Crippen molar-refractivity contribution in [3.05, 3.63) is 58.6 Å². The van der Waals surface area contributed by atoms with Crippen LogP contribution in [0.15, 0.2) is 48.5 Å². The van der Waals surface area contributed by atoms with Gasteiger partial charge in [0.15, 0.2) is 5.11 Å². The molecule has 23 heavy (non-hydrogen) atoms. The van der Waals surface area contributed by atoms with E-state index in [2.05, 4.69) is 5.32 Å². The first-order valence-corrected chi connectivity index (χ1v) is 8.13. The number of carbonyl (C=O) groups excluding carboxylic acids is 1. The molecule has 0 unspecified atom stereocenters. The number of nitrogens with zero attached hydrogens (tertiary/aromatic N) is 2. The van der Waals surface area contributed by atoms with Gasteiger partial charge in [0.2, 0.25) is 5.91 Å². The summed E-state index contributed by atoms with van der Waals surface area (Å²) in [4.78, 5) is 12.2. The molecule has 0 bridgehead atoms. The molecular formula is C16H13Cl2N3OS. The van der Waals surface area contributed by atoms with Crippen LogP contribution in [-0.4, -0.2) is 22.6 Å². The summed E-state index contributed by atoms with van der Waals surface area (Å²) in [7, 11) is 0. The molecule has 1 aliphatic rings. The van der Waals surface area contributed by atoms with Gasteiger partial charge in [-0.15, -0.1) is 0 Å². The molecule has 1 heterocycles. The molecule has 7 heteroatoms. The number of nitrogens with one attached hydrogen (secondary N) is 1. The number of anilines is 2. The van der Waals surface area contributed by atoms with Gasteiger partial charge in [0, 0.05) is 22.2 Å². The second-order valence-electron chi connectivity index (χ2n) is 5.00. The van der Waals surface area contributed by atoms with E-state index in [1.807, 2.05) is 12.1 Å². The molecule has 0 aromatic heterocycles. The van der Waals surface area contributed by atoms with Crippen molar-refractivity contribution in [2.75, 3.05) is 16.9 Å². The molecule has 1 N–H and O–H groups in total. The number of halogens is 2. The summed E-state index contributed by atoms with van der Waals surface area (Å²) in [6, 6.07) is 14.3. The van der Waals surface area contributed by atoms with E-state index < -0.39 is 0 Å². The molecule has 0 radical (unpaired) electrons. The van der Waals surface area contributed by atoms with Crippen LogP contribution < -0.4 is 10.3 Å². The Kier molecular flexibility index (Phi) is 4.71. The van der Waals surface area contributed by atoms with Gasteiger partial charge in [0.25, 0.3) is 0 Å². The van der Waals surface area contributed by atoms with Crippen molar-refractivity contribution in [1.82, 2.24) is 5.01 Å². The standard InChI is InChI=1S/C16H13Cl2N3OS/c17-11-4-6-14(7-5-11)21-15(22)8-9-20(21)16(23)19-13-3-1-2-12(18)10-13/h1-7,10H,8-9H2,(H,19,23). The highest BCUT2D eigenvalue weighted by atomic mass is 35.5. The highest BCUT2D eigenvalue weighted by Crippen LogP contribution is 2.25. The Labute approximate surface area is 149 Å². The van der Waals surface area contributed by atoms with Crippen molar-refractivity contribution < 1.29 is 4.79 Å². The summed E-state index contributed by atoms with van der Waals surface area (Å²) in [5.74, 6) is -0.0115. The first-order valence-electron chi connectivity index (χ1n) is 6.97. The van der Waals surface area contributed by atoms with E-state index in [4.69, 9.17) is 35.4 Å². The maximum absolute atomic E-state index is 12.2. The molecule has 2 aromatic rings. The molecule has 3 rings (SSSR count). The van der Waals surface area contributed by atoms with Gasteiger partial charge in [-0.05, 0) is 54.7 Å². The Morgan fingerprint density at radius 1 is 1.09 bits per heavy atom. The van der Waals surface area contributed by atoms with E-state index in [1.165, 1.54) is 0 Å². The van der Waals surface area contributed by atoms with Crippen LogP contribution in [0.2, 0.25) is 10.0 Å². The van der Waals surface area contributed by atoms with E-state index in [0.717, 1.165) is 11.4 Å². The molecular weight excluding hydrogens is 353 g/mol. The van der Waals surface area contributed by atoms with Crippen molar-refractivity contribution in [3.63, 3.8) is 0 Å². The molecule has 1 aliphatic heterocycles. The molecule has 1 fully saturated rings. The lowest BCUT2D eigenvalue weighted by molar-refractivity contribution is -0.117. The lowest BCUT2D eigenvalue weighted by atomic mass is 10.3. The van der Waals surface area contributed by atoms with Gasteiger partial charge in [0.1, 0.15) is 0 Å². The predicted octanol–water partition coefficient (Wildman–Crippen LogP) is 4.34. The first kappa shape index (κ1) is 16.1. The zero-order chi connectivity index (χ0) is 16.4. The molecule has 0 spiro atoms. The zero-order valence-corrected chi connectivity index (χ0v) is 14.3. The van der Waals surface area contributed by atoms with Crippen molar-refractivity contribution in [2.24, 2.45) is 0 Å². The van der Waals surface area contributed by atoms with Gasteiger partial charge in [-0.2, -0.15) is 0 Å². The number of amides is 1. The SMILES string of the molecule is O=C1CCN(C(=S)Nc2cccc(Cl)c2)N1c1ccc(Cl)cc1. The van der Waals surface area contributed by atoms with E-state index in [9.17, 15) is 4.79 Å². The van der Waals surface area contributed by atoms with Crippen LogP contribution in [0, 0.1) is 0 Å². The minimum absolute atomic E-state index is 0.0115. The van der Waals surface area contributed by atoms with E-state index in [-0.39, 0.29) is 5.91 Å². The first-order chi connectivity index (χ1) is 11.0. The monoisotopic (exact) mass is 365 g/mol. The van der Waals surface area contributed by atoms with Crippen LogP contribution in [0.25, 0.3) is 0 Å². The van der Waals surface area contributed by atoms with Crippen LogP contribution in [0.5, 0.6) is 0 Å². The average Bonchev–Trinajstić information content (AvgIpc) is 2.90. The highest BCUT2D eigenvalue weighted by Gasteiger charge is 2.32. The van der Waals surface area contributed by atoms with E-state index >= 15 is 0 Å². The van der Waals surface area contributed by atoms with Crippen LogP contribution >= 0.6 is 35.4 Å². The number of carbonyl (C=O) groups is 1. The molecule has 0 saturated carbocycles. The third kappa shape index (κ3) is 3.58. The van der Waals surface area contributed by atoms with Gasteiger partial charge >= 0.3 is 0 Å². The normalized spacial score (nSPS) is 14.3. The second-order valence-corrected chi connectivity index (χ2v) is 6.26. The highest BCUT2D eigenvalue weighted by molar-refractivity contribution is 7.80. The fourth-order valence-corrected chi connectivity index (χ4v) is 2.96. The Morgan fingerprint density at radius 2 is 1.83 bits per heavy atom. The summed E-state index contributed by atoms with van der Waals surface area (Å²) >= 11 is 17.3. The van der Waals surface area contributed by atoms with Crippen molar-refractivity contribution in [2.45, 2.75) is 6.42 Å². The fraction of sp³-hybridized carbons (Fsp3) is 0.125. The summed E-state index contributed by atoms with van der Waals surface area (Å²) in [5, 5.41) is 8.08. The summed E-state index contributed by atoms with van der Waals surface area (Å²) in [6.07, 6.45) is 0.403. The number of thiocarbonyl (C=S) groups is 1. The molecule has 1 saturated heterocycles. The van der Waals surface area contributed by atoms with Gasteiger partial charge in [-0.25, -0.2) is 5.01 Å². The van der Waals surface area contributed by atoms with Gasteiger partial charge < -0.3 is 5.32 Å². The molecule has 118 valence electrons. The van der Waals surface area contributed by atoms with Crippen LogP contribution in [0.4, 0.5) is 11.4 Å². The van der Waals surface area contributed by atoms with Crippen molar-refractivity contribution in [1.29, 1.82) is 0 Å². The maximum atomic E-state index is 12.2. The number of rotatable bonds is 2. The van der Waals surface area contributed by atoms with E-state index in [0.29, 0.717) is 28.1 Å². The molecule has 0 atom stereocenters. The third-order valence-electron chi connectivity index (χ3n) is 3.40. The lowest BCUT2D eigenvalue weighted by Gasteiger charge is -2.30. The third-order valence-corrected chi connectivity index (χ3v) is 4.20. The largest absolute Gasteiger partial charge is 0.331 e. The quantitative estimate of drug-likeness (QED) is 0.802. The fourth-order valence-electron chi connectivity index (χ4n) is 2.35. The number of hydrazine groups is 1. The summed E-state index contributed by atoms with van der Waals surface area (Å²) in [5.41, 5.74) is 1.50. The minimum atomic E-state index is -0.0115. The topological polar surface area (TPSA) is 35.6 Å². The van der Waals surface area contributed by atoms with Gasteiger partial charge in [-0.3, -0.25) is 9.80 Å². The Bertz CT molecular complexity index is 751. The molecule has 0 aliphatic carbocycles. The number of hydrogen-bond donors (Lipinski definition) is 1. The maximum Gasteiger partial charge on any atom is 0.247 e. The zero-order valence-electron chi connectivity index (χ0n) is 12.0. The van der Waals surface area contributed by atoms with Gasteiger partial charge in [0.05, 0.1) is 12.2 Å². The summed E-state index contributed by atoms with van der Waals surface area (Å²) < 4.78 is 0. The smallest absolute Gasteiger partial charge is 0.247 e. The number of benzene rings is 2. The predicted molar refractivity (Wildman–Crippen MR) is 97.9 cm³/mol. The Hall–Kier alpha value is -1.82. The van der Waals surface area contributed by atoms with E-state index in [1.54, 1.807) is 46.4 Å². The van der Waals surface area contributed by atoms with Crippen molar-refractivity contribution >= 4 is 57.8 Å². The summed E-state index contributed by atoms with van der Waals surface area (Å²) in [6.45, 7) is 0.522. The Morgan fingerprint density at radius 3 is 2.52 bits per heavy atom. The Balaban J connectivity index is 1.81. The van der Waals surface area contributed by atoms with Crippen molar-refractivity contribution in [3.8, 4) is 0 Å². The second kappa shape index (κ2) is 6.74. The van der Waals surface area contributed by atoms with Gasteiger partial charge in [-0.1, -0.05) is 29.3 Å².